The number of nitrogens with one attached hydrogen (secondary N) is 1. The standard InChI is InChI=1S/C13H22N6/c1-15-13(14)17-10-11-3-4-12(16-9-11)19-7-5-18(2)6-8-19/h3-4,9H,5-8,10H2,1-2H3,(H3,14,15,17). The summed E-state index contributed by atoms with van der Waals surface area (Å²) in [5.41, 5.74) is 6.69. The van der Waals surface area contributed by atoms with E-state index in [-0.39, 0.29) is 0 Å². The lowest BCUT2D eigenvalue weighted by molar-refractivity contribution is 0.312. The number of nitrogens with zero attached hydrogens (tertiary/aromatic N) is 4. The fraction of sp³-hybridized carbons (Fsp3) is 0.538. The number of rotatable bonds is 3. The van der Waals surface area contributed by atoms with E-state index in [2.05, 4.69) is 44.3 Å². The Kier molecular flexibility index (Phi) is 4.57. The van der Waals surface area contributed by atoms with Crippen molar-refractivity contribution < 1.29 is 0 Å². The van der Waals surface area contributed by atoms with Gasteiger partial charge in [-0.25, -0.2) is 4.98 Å². The van der Waals surface area contributed by atoms with Crippen molar-refractivity contribution in [3.05, 3.63) is 23.9 Å². The van der Waals surface area contributed by atoms with Gasteiger partial charge in [0.25, 0.3) is 0 Å². The second kappa shape index (κ2) is 6.38. The minimum absolute atomic E-state index is 0.447. The van der Waals surface area contributed by atoms with E-state index >= 15 is 0 Å². The highest BCUT2D eigenvalue weighted by molar-refractivity contribution is 5.77. The van der Waals surface area contributed by atoms with Crippen molar-refractivity contribution in [1.29, 1.82) is 0 Å². The van der Waals surface area contributed by atoms with Gasteiger partial charge < -0.3 is 20.9 Å². The molecule has 1 aromatic heterocycles. The summed E-state index contributed by atoms with van der Waals surface area (Å²) < 4.78 is 0. The lowest BCUT2D eigenvalue weighted by Crippen LogP contribution is -2.44. The van der Waals surface area contributed by atoms with Crippen molar-refractivity contribution in [3.8, 4) is 0 Å². The summed E-state index contributed by atoms with van der Waals surface area (Å²) in [5.74, 6) is 1.50. The van der Waals surface area contributed by atoms with Crippen LogP contribution in [-0.2, 0) is 6.54 Å². The van der Waals surface area contributed by atoms with Crippen LogP contribution in [0.1, 0.15) is 5.56 Å². The molecule has 0 unspecified atom stereocenters. The number of pyridine rings is 1. The smallest absolute Gasteiger partial charge is 0.188 e. The fourth-order valence-corrected chi connectivity index (χ4v) is 2.02. The zero-order chi connectivity index (χ0) is 13.7. The summed E-state index contributed by atoms with van der Waals surface area (Å²) in [6, 6.07) is 4.15. The lowest BCUT2D eigenvalue weighted by atomic mass is 10.2. The molecule has 3 N–H and O–H groups in total. The Morgan fingerprint density at radius 3 is 2.68 bits per heavy atom. The van der Waals surface area contributed by atoms with Crippen LogP contribution in [0.2, 0.25) is 0 Å². The van der Waals surface area contributed by atoms with Crippen molar-refractivity contribution in [2.75, 3.05) is 45.2 Å². The van der Waals surface area contributed by atoms with Crippen molar-refractivity contribution in [2.45, 2.75) is 6.54 Å². The van der Waals surface area contributed by atoms with Crippen molar-refractivity contribution >= 4 is 11.8 Å². The Bertz CT molecular complexity index is 419. The van der Waals surface area contributed by atoms with Gasteiger partial charge in [0.15, 0.2) is 5.96 Å². The van der Waals surface area contributed by atoms with Crippen LogP contribution in [-0.4, -0.2) is 56.1 Å². The molecule has 104 valence electrons. The maximum atomic E-state index is 5.59. The second-order valence-corrected chi connectivity index (χ2v) is 4.78. The molecule has 2 heterocycles. The number of aliphatic imine (C=N–C) groups is 1. The predicted molar refractivity (Wildman–Crippen MR) is 78.3 cm³/mol. The van der Waals surface area contributed by atoms with Gasteiger partial charge >= 0.3 is 0 Å². The predicted octanol–water partition coefficient (Wildman–Crippen LogP) is -0.132. The van der Waals surface area contributed by atoms with E-state index in [1.54, 1.807) is 7.05 Å². The monoisotopic (exact) mass is 262 g/mol. The Balaban J connectivity index is 1.91. The van der Waals surface area contributed by atoms with Gasteiger partial charge in [-0.2, -0.15) is 0 Å². The maximum Gasteiger partial charge on any atom is 0.188 e. The van der Waals surface area contributed by atoms with Crippen LogP contribution in [0.4, 0.5) is 5.82 Å². The third-order valence-corrected chi connectivity index (χ3v) is 3.35. The summed E-state index contributed by atoms with van der Waals surface area (Å²) >= 11 is 0. The lowest BCUT2D eigenvalue weighted by Gasteiger charge is -2.33. The first-order valence-electron chi connectivity index (χ1n) is 6.53. The number of nitrogens with two attached hydrogens (primary N) is 1. The third kappa shape index (κ3) is 3.82. The zero-order valence-corrected chi connectivity index (χ0v) is 11.6. The molecule has 0 aromatic carbocycles. The van der Waals surface area contributed by atoms with Gasteiger partial charge in [0.05, 0.1) is 0 Å². The molecule has 0 bridgehead atoms. The van der Waals surface area contributed by atoms with E-state index in [4.69, 9.17) is 5.73 Å². The number of piperazine rings is 1. The summed E-state index contributed by atoms with van der Waals surface area (Å²) in [5, 5.41) is 3.02. The Morgan fingerprint density at radius 1 is 1.37 bits per heavy atom. The van der Waals surface area contributed by atoms with Crippen LogP contribution in [0, 0.1) is 0 Å². The summed E-state index contributed by atoms with van der Waals surface area (Å²) in [7, 11) is 3.82. The number of guanidine groups is 1. The molecule has 0 spiro atoms. The number of hydrogen-bond acceptors (Lipinski definition) is 4. The van der Waals surface area contributed by atoms with Crippen LogP contribution >= 0.6 is 0 Å². The molecule has 6 heteroatoms. The van der Waals surface area contributed by atoms with Crippen molar-refractivity contribution in [1.82, 2.24) is 15.2 Å². The molecule has 19 heavy (non-hydrogen) atoms. The molecule has 0 saturated carbocycles. The third-order valence-electron chi connectivity index (χ3n) is 3.35. The molecule has 0 aliphatic carbocycles. The second-order valence-electron chi connectivity index (χ2n) is 4.78. The first kappa shape index (κ1) is 13.6. The molecule has 1 aromatic rings. The first-order valence-corrected chi connectivity index (χ1v) is 6.53. The van der Waals surface area contributed by atoms with E-state index in [0.717, 1.165) is 37.6 Å². The SMILES string of the molecule is CN=C(N)NCc1ccc(N2CCN(C)CC2)nc1. The molecule has 0 radical (unpaired) electrons. The van der Waals surface area contributed by atoms with E-state index in [0.29, 0.717) is 12.5 Å². The van der Waals surface area contributed by atoms with Gasteiger partial charge in [0.2, 0.25) is 0 Å². The average molecular weight is 262 g/mol. The summed E-state index contributed by atoms with van der Waals surface area (Å²) in [6.07, 6.45) is 1.89. The van der Waals surface area contributed by atoms with Crippen LogP contribution in [0.3, 0.4) is 0 Å². The van der Waals surface area contributed by atoms with Crippen molar-refractivity contribution in [3.63, 3.8) is 0 Å². The number of anilines is 1. The Hall–Kier alpha value is -1.82. The highest BCUT2D eigenvalue weighted by atomic mass is 15.3. The van der Waals surface area contributed by atoms with Gasteiger partial charge in [-0.05, 0) is 18.7 Å². The summed E-state index contributed by atoms with van der Waals surface area (Å²) in [6.45, 7) is 4.91. The maximum absolute atomic E-state index is 5.59. The van der Waals surface area contributed by atoms with Gasteiger partial charge in [-0.1, -0.05) is 6.07 Å². The van der Waals surface area contributed by atoms with Crippen LogP contribution in [0.15, 0.2) is 23.3 Å². The highest BCUT2D eigenvalue weighted by Gasteiger charge is 2.14. The number of hydrogen-bond donors (Lipinski definition) is 2. The molecular weight excluding hydrogens is 240 g/mol. The van der Waals surface area contributed by atoms with Crippen molar-refractivity contribution in [2.24, 2.45) is 10.7 Å². The first-order chi connectivity index (χ1) is 9.19. The van der Waals surface area contributed by atoms with E-state index in [1.165, 1.54) is 0 Å². The normalized spacial score (nSPS) is 17.6. The van der Waals surface area contributed by atoms with Crippen LogP contribution in [0.25, 0.3) is 0 Å². The zero-order valence-electron chi connectivity index (χ0n) is 11.6. The molecule has 2 rings (SSSR count). The quantitative estimate of drug-likeness (QED) is 0.586. The largest absolute Gasteiger partial charge is 0.370 e. The van der Waals surface area contributed by atoms with E-state index < -0.39 is 0 Å². The van der Waals surface area contributed by atoms with E-state index in [1.807, 2.05) is 6.20 Å². The Morgan fingerprint density at radius 2 is 2.11 bits per heavy atom. The Labute approximate surface area is 114 Å². The average Bonchev–Trinajstić information content (AvgIpc) is 2.46. The molecular formula is C13H22N6. The number of likely N-dealkylation sites (N-methyl/N-ethyl adjacent to an activating group) is 1. The molecule has 0 amide bonds. The minimum Gasteiger partial charge on any atom is -0.370 e. The molecule has 1 saturated heterocycles. The summed E-state index contributed by atoms with van der Waals surface area (Å²) in [4.78, 5) is 13.0. The molecule has 0 atom stereocenters. The van der Waals surface area contributed by atoms with Gasteiger partial charge in [0, 0.05) is 46.0 Å². The fourth-order valence-electron chi connectivity index (χ4n) is 2.02. The molecule has 6 nitrogen and oxygen atoms in total. The highest BCUT2D eigenvalue weighted by Crippen LogP contribution is 2.13. The van der Waals surface area contributed by atoms with Gasteiger partial charge in [-0.3, -0.25) is 4.99 Å². The molecule has 1 aliphatic heterocycles. The van der Waals surface area contributed by atoms with Gasteiger partial charge in [0.1, 0.15) is 5.82 Å². The van der Waals surface area contributed by atoms with Crippen LogP contribution < -0.4 is 16.0 Å². The topological polar surface area (TPSA) is 69.8 Å². The van der Waals surface area contributed by atoms with E-state index in [9.17, 15) is 0 Å². The molecule has 1 fully saturated rings. The van der Waals surface area contributed by atoms with Crippen LogP contribution in [0.5, 0.6) is 0 Å². The van der Waals surface area contributed by atoms with Gasteiger partial charge in [-0.15, -0.1) is 0 Å². The minimum atomic E-state index is 0.447. The number of aromatic nitrogens is 1. The molecule has 1 aliphatic rings.